The van der Waals surface area contributed by atoms with Gasteiger partial charge in [-0.1, -0.05) is 12.1 Å². The minimum Gasteiger partial charge on any atom is -0.342 e. The summed E-state index contributed by atoms with van der Waals surface area (Å²) in [7, 11) is 0. The van der Waals surface area contributed by atoms with Crippen molar-refractivity contribution >= 4 is 5.91 Å². The Morgan fingerprint density at radius 3 is 2.76 bits per heavy atom. The summed E-state index contributed by atoms with van der Waals surface area (Å²) in [5.41, 5.74) is 4.36. The van der Waals surface area contributed by atoms with Gasteiger partial charge in [-0.15, -0.1) is 0 Å². The van der Waals surface area contributed by atoms with Crippen LogP contribution in [-0.4, -0.2) is 34.1 Å². The van der Waals surface area contributed by atoms with Gasteiger partial charge in [-0.25, -0.2) is 4.39 Å². The molecule has 0 saturated carbocycles. The van der Waals surface area contributed by atoms with E-state index >= 15 is 0 Å². The molecule has 3 rings (SSSR count). The average molecular weight is 343 g/mol. The molecule has 0 spiro atoms. The zero-order valence-electron chi connectivity index (χ0n) is 15.0. The number of carbonyl (C=O) groups is 1. The molecule has 1 aromatic carbocycles. The van der Waals surface area contributed by atoms with E-state index in [2.05, 4.69) is 10.2 Å². The molecule has 4 nitrogen and oxygen atoms in total. The molecule has 2 aromatic rings. The summed E-state index contributed by atoms with van der Waals surface area (Å²) >= 11 is 0. The predicted molar refractivity (Wildman–Crippen MR) is 95.8 cm³/mol. The number of aromatic amines is 1. The SMILES string of the molecule is Cc1[nH]nc(CCC(=O)N2CCCC(Cc3ccc(F)cc3)C2)c1C. The third-order valence-electron chi connectivity index (χ3n) is 5.24. The lowest BCUT2D eigenvalue weighted by Crippen LogP contribution is -2.40. The maximum absolute atomic E-state index is 13.0. The molecule has 134 valence electrons. The van der Waals surface area contributed by atoms with Crippen molar-refractivity contribution in [2.75, 3.05) is 13.1 Å². The van der Waals surface area contributed by atoms with Crippen molar-refractivity contribution in [2.45, 2.75) is 46.0 Å². The van der Waals surface area contributed by atoms with E-state index in [4.69, 9.17) is 0 Å². The molecule has 0 bridgehead atoms. The molecular weight excluding hydrogens is 317 g/mol. The van der Waals surface area contributed by atoms with Crippen LogP contribution in [0.2, 0.25) is 0 Å². The van der Waals surface area contributed by atoms with E-state index in [9.17, 15) is 9.18 Å². The average Bonchev–Trinajstić information content (AvgIpc) is 2.94. The minimum atomic E-state index is -0.201. The van der Waals surface area contributed by atoms with Gasteiger partial charge in [0.1, 0.15) is 5.82 Å². The summed E-state index contributed by atoms with van der Waals surface area (Å²) in [5, 5.41) is 7.26. The minimum absolute atomic E-state index is 0.201. The lowest BCUT2D eigenvalue weighted by atomic mass is 9.91. The highest BCUT2D eigenvalue weighted by atomic mass is 19.1. The zero-order valence-corrected chi connectivity index (χ0v) is 15.0. The first-order valence-corrected chi connectivity index (χ1v) is 9.05. The number of nitrogens with zero attached hydrogens (tertiary/aromatic N) is 2. The molecule has 1 aliphatic rings. The molecule has 1 saturated heterocycles. The van der Waals surface area contributed by atoms with E-state index in [-0.39, 0.29) is 11.7 Å². The molecule has 1 fully saturated rings. The Morgan fingerprint density at radius 2 is 2.08 bits per heavy atom. The summed E-state index contributed by atoms with van der Waals surface area (Å²) < 4.78 is 13.0. The highest BCUT2D eigenvalue weighted by Crippen LogP contribution is 2.22. The number of carbonyl (C=O) groups excluding carboxylic acids is 1. The molecule has 5 heteroatoms. The fourth-order valence-corrected chi connectivity index (χ4v) is 3.57. The number of rotatable bonds is 5. The molecule has 1 aromatic heterocycles. The molecule has 0 aliphatic carbocycles. The number of benzene rings is 1. The van der Waals surface area contributed by atoms with Crippen LogP contribution in [0.4, 0.5) is 4.39 Å². The Balaban J connectivity index is 1.52. The van der Waals surface area contributed by atoms with Crippen LogP contribution in [0, 0.1) is 25.6 Å². The standard InChI is InChI=1S/C20H26FN3O/c1-14-15(2)22-23-19(14)9-10-20(25)24-11-3-4-17(13-24)12-16-5-7-18(21)8-6-16/h5-8,17H,3-4,9-13H2,1-2H3,(H,22,23). The van der Waals surface area contributed by atoms with Gasteiger partial charge >= 0.3 is 0 Å². The summed E-state index contributed by atoms with van der Waals surface area (Å²) in [4.78, 5) is 14.6. The Labute approximate surface area is 148 Å². The topological polar surface area (TPSA) is 49.0 Å². The van der Waals surface area contributed by atoms with Crippen LogP contribution in [0.15, 0.2) is 24.3 Å². The van der Waals surface area contributed by atoms with Crippen LogP contribution in [0.1, 0.15) is 41.8 Å². The number of aromatic nitrogens is 2. The largest absolute Gasteiger partial charge is 0.342 e. The van der Waals surface area contributed by atoms with Crippen LogP contribution < -0.4 is 0 Å². The van der Waals surface area contributed by atoms with E-state index in [1.807, 2.05) is 30.9 Å². The van der Waals surface area contributed by atoms with E-state index in [1.54, 1.807) is 0 Å². The zero-order chi connectivity index (χ0) is 17.8. The molecule has 0 radical (unpaired) electrons. The first-order chi connectivity index (χ1) is 12.0. The molecule has 1 aliphatic heterocycles. The Kier molecular flexibility index (Phi) is 5.51. The first-order valence-electron chi connectivity index (χ1n) is 9.05. The molecule has 1 unspecified atom stereocenters. The van der Waals surface area contributed by atoms with Crippen LogP contribution >= 0.6 is 0 Å². The Morgan fingerprint density at radius 1 is 1.32 bits per heavy atom. The molecule has 1 atom stereocenters. The normalized spacial score (nSPS) is 17.7. The van der Waals surface area contributed by atoms with Gasteiger partial charge in [0.05, 0.1) is 5.69 Å². The van der Waals surface area contributed by atoms with Gasteiger partial charge in [-0.2, -0.15) is 5.10 Å². The number of likely N-dealkylation sites (tertiary alicyclic amines) is 1. The lowest BCUT2D eigenvalue weighted by Gasteiger charge is -2.33. The van der Waals surface area contributed by atoms with Gasteiger partial charge in [-0.05, 0) is 62.3 Å². The van der Waals surface area contributed by atoms with Crippen LogP contribution in [-0.2, 0) is 17.6 Å². The molecule has 2 heterocycles. The van der Waals surface area contributed by atoms with Gasteiger partial charge < -0.3 is 4.90 Å². The van der Waals surface area contributed by atoms with Crippen molar-refractivity contribution < 1.29 is 9.18 Å². The second-order valence-corrected chi connectivity index (χ2v) is 7.10. The number of aryl methyl sites for hydroxylation is 2. The van der Waals surface area contributed by atoms with Crippen LogP contribution in [0.3, 0.4) is 0 Å². The molecule has 1 amide bonds. The van der Waals surface area contributed by atoms with Gasteiger partial charge in [0, 0.05) is 31.6 Å². The van der Waals surface area contributed by atoms with Crippen molar-refractivity contribution in [3.8, 4) is 0 Å². The number of hydrogen-bond donors (Lipinski definition) is 1. The van der Waals surface area contributed by atoms with Crippen LogP contribution in [0.25, 0.3) is 0 Å². The second-order valence-electron chi connectivity index (χ2n) is 7.10. The Bertz CT molecular complexity index is 723. The fraction of sp³-hybridized carbons (Fsp3) is 0.500. The van der Waals surface area contributed by atoms with E-state index < -0.39 is 0 Å². The van der Waals surface area contributed by atoms with Gasteiger partial charge in [0.25, 0.3) is 0 Å². The summed E-state index contributed by atoms with van der Waals surface area (Å²) in [6, 6.07) is 6.71. The smallest absolute Gasteiger partial charge is 0.222 e. The fourth-order valence-electron chi connectivity index (χ4n) is 3.57. The number of halogens is 1. The quantitative estimate of drug-likeness (QED) is 0.902. The van der Waals surface area contributed by atoms with Crippen molar-refractivity contribution in [2.24, 2.45) is 5.92 Å². The van der Waals surface area contributed by atoms with E-state index in [1.165, 1.54) is 12.1 Å². The second kappa shape index (κ2) is 7.81. The van der Waals surface area contributed by atoms with Crippen molar-refractivity contribution in [3.63, 3.8) is 0 Å². The lowest BCUT2D eigenvalue weighted by molar-refractivity contribution is -0.133. The van der Waals surface area contributed by atoms with Crippen LogP contribution in [0.5, 0.6) is 0 Å². The number of nitrogens with one attached hydrogen (secondary N) is 1. The summed E-state index contributed by atoms with van der Waals surface area (Å²) in [6.45, 7) is 5.68. The highest BCUT2D eigenvalue weighted by molar-refractivity contribution is 5.76. The summed E-state index contributed by atoms with van der Waals surface area (Å²) in [6.07, 6.45) is 4.27. The van der Waals surface area contributed by atoms with Crippen molar-refractivity contribution in [3.05, 3.63) is 52.6 Å². The third kappa shape index (κ3) is 4.47. The van der Waals surface area contributed by atoms with E-state index in [0.29, 0.717) is 18.8 Å². The maximum Gasteiger partial charge on any atom is 0.222 e. The van der Waals surface area contributed by atoms with Gasteiger partial charge in [0.2, 0.25) is 5.91 Å². The van der Waals surface area contributed by atoms with Crippen molar-refractivity contribution in [1.29, 1.82) is 0 Å². The number of piperidine rings is 1. The molecular formula is C20H26FN3O. The number of amides is 1. The third-order valence-corrected chi connectivity index (χ3v) is 5.24. The summed E-state index contributed by atoms with van der Waals surface area (Å²) in [5.74, 6) is 0.467. The number of H-pyrrole nitrogens is 1. The van der Waals surface area contributed by atoms with Crippen molar-refractivity contribution in [1.82, 2.24) is 15.1 Å². The highest BCUT2D eigenvalue weighted by Gasteiger charge is 2.24. The molecule has 25 heavy (non-hydrogen) atoms. The predicted octanol–water partition coefficient (Wildman–Crippen LogP) is 3.58. The first kappa shape index (κ1) is 17.6. The van der Waals surface area contributed by atoms with E-state index in [0.717, 1.165) is 54.9 Å². The van der Waals surface area contributed by atoms with Gasteiger partial charge in [0.15, 0.2) is 0 Å². The maximum atomic E-state index is 13.0. The number of hydrogen-bond acceptors (Lipinski definition) is 2. The van der Waals surface area contributed by atoms with Gasteiger partial charge in [-0.3, -0.25) is 9.89 Å². The molecule has 1 N–H and O–H groups in total. The Hall–Kier alpha value is -2.17. The monoisotopic (exact) mass is 343 g/mol.